The molecule has 11 heteroatoms. The smallest absolute Gasteiger partial charge is 0.407 e. The highest BCUT2D eigenvalue weighted by atomic mass is 35.5. The summed E-state index contributed by atoms with van der Waals surface area (Å²) in [5, 5.41) is 15.7. The van der Waals surface area contributed by atoms with Gasteiger partial charge in [0.05, 0.1) is 6.42 Å². The van der Waals surface area contributed by atoms with Crippen molar-refractivity contribution in [2.24, 2.45) is 0 Å². The first-order valence-corrected chi connectivity index (χ1v) is 16.3. The molecule has 256 valence electrons. The van der Waals surface area contributed by atoms with E-state index in [1.54, 1.807) is 86.3 Å². The Hall–Kier alpha value is -4.93. The maximum absolute atomic E-state index is 14.3. The third-order valence-corrected chi connectivity index (χ3v) is 8.09. The minimum Gasteiger partial charge on any atom is -0.508 e. The van der Waals surface area contributed by atoms with Gasteiger partial charge < -0.3 is 30.1 Å². The van der Waals surface area contributed by atoms with Crippen LogP contribution in [0.5, 0.6) is 5.75 Å². The molecule has 3 amide bonds. The Bertz CT molecular complexity index is 1810. The molecular weight excluding hydrogens is 649 g/mol. The number of amides is 3. The van der Waals surface area contributed by atoms with Gasteiger partial charge in [0, 0.05) is 41.5 Å². The van der Waals surface area contributed by atoms with Crippen LogP contribution in [0.25, 0.3) is 0 Å². The molecule has 3 N–H and O–H groups in total. The average molecular weight is 688 g/mol. The largest absolute Gasteiger partial charge is 0.508 e. The summed E-state index contributed by atoms with van der Waals surface area (Å²) in [5.41, 5.74) is 3.19. The number of rotatable bonds is 10. The second-order valence-electron chi connectivity index (χ2n) is 12.8. The number of benzene rings is 4. The zero-order valence-electron chi connectivity index (χ0n) is 27.5. The second kappa shape index (κ2) is 15.5. The van der Waals surface area contributed by atoms with Gasteiger partial charge in [-0.3, -0.25) is 9.59 Å². The molecule has 0 saturated heterocycles. The van der Waals surface area contributed by atoms with Crippen LogP contribution in [0, 0.1) is 5.82 Å². The third-order valence-electron chi connectivity index (χ3n) is 7.86. The van der Waals surface area contributed by atoms with Gasteiger partial charge >= 0.3 is 6.09 Å². The van der Waals surface area contributed by atoms with Crippen LogP contribution in [0.1, 0.15) is 61.1 Å². The Labute approximate surface area is 290 Å². The van der Waals surface area contributed by atoms with Crippen LogP contribution in [0.15, 0.2) is 91.0 Å². The fourth-order valence-electron chi connectivity index (χ4n) is 5.53. The van der Waals surface area contributed by atoms with Crippen molar-refractivity contribution in [3.05, 3.63) is 130 Å². The van der Waals surface area contributed by atoms with Crippen LogP contribution in [-0.4, -0.2) is 41.3 Å². The van der Waals surface area contributed by atoms with E-state index in [0.29, 0.717) is 33.8 Å². The van der Waals surface area contributed by atoms with Gasteiger partial charge in [-0.05, 0) is 80.3 Å². The summed E-state index contributed by atoms with van der Waals surface area (Å²) >= 11 is 6.52. The van der Waals surface area contributed by atoms with E-state index < -0.39 is 41.5 Å². The molecule has 0 aromatic heterocycles. The number of carbonyl (C=O) groups is 3. The second-order valence-corrected chi connectivity index (χ2v) is 13.2. The molecule has 1 heterocycles. The Morgan fingerprint density at radius 1 is 0.939 bits per heavy atom. The van der Waals surface area contributed by atoms with E-state index in [9.17, 15) is 23.9 Å². The lowest BCUT2D eigenvalue weighted by Gasteiger charge is -2.25. The molecule has 0 aliphatic carbocycles. The lowest BCUT2D eigenvalue weighted by atomic mass is 9.97. The topological polar surface area (TPSA) is 117 Å². The number of alkyl carbamates (subject to hydrolysis) is 1. The van der Waals surface area contributed by atoms with E-state index >= 15 is 0 Å². The summed E-state index contributed by atoms with van der Waals surface area (Å²) in [5.74, 6) is -1.22. The number of aromatic hydroxyl groups is 1. The van der Waals surface area contributed by atoms with E-state index in [4.69, 9.17) is 21.1 Å². The van der Waals surface area contributed by atoms with Crippen LogP contribution < -0.4 is 15.5 Å². The Morgan fingerprint density at radius 3 is 2.43 bits per heavy atom. The number of halogens is 2. The first kappa shape index (κ1) is 35.4. The van der Waals surface area contributed by atoms with Gasteiger partial charge in [-0.25, -0.2) is 9.18 Å². The van der Waals surface area contributed by atoms with E-state index in [2.05, 4.69) is 10.6 Å². The van der Waals surface area contributed by atoms with Crippen molar-refractivity contribution in [1.29, 1.82) is 0 Å². The normalized spacial score (nSPS) is 16.0. The first-order valence-electron chi connectivity index (χ1n) is 16.0. The van der Waals surface area contributed by atoms with Gasteiger partial charge in [0.2, 0.25) is 5.91 Å². The molecule has 4 aromatic rings. The van der Waals surface area contributed by atoms with Crippen LogP contribution >= 0.6 is 11.6 Å². The Balaban J connectivity index is 1.46. The first-order chi connectivity index (χ1) is 23.4. The molecule has 0 radical (unpaired) electrons. The summed E-state index contributed by atoms with van der Waals surface area (Å²) in [6.07, 6.45) is -2.45. The minimum absolute atomic E-state index is 0.0526. The monoisotopic (exact) mass is 687 g/mol. The molecule has 0 fully saturated rings. The van der Waals surface area contributed by atoms with Gasteiger partial charge in [-0.2, -0.15) is 0 Å². The van der Waals surface area contributed by atoms with Crippen molar-refractivity contribution >= 4 is 35.2 Å². The SMILES string of the molecule is CC(C)(C)OC(=O)NCc1cccc(C2OC(CC(=O)NCc3ccccc3F)C(=O)N(CCc3ccc(O)cc3)c3ccc(Cl)cc32)c1. The molecule has 0 spiro atoms. The van der Waals surface area contributed by atoms with E-state index in [-0.39, 0.29) is 31.8 Å². The summed E-state index contributed by atoms with van der Waals surface area (Å²) in [6, 6.07) is 25.4. The van der Waals surface area contributed by atoms with Gasteiger partial charge in [0.25, 0.3) is 5.91 Å². The van der Waals surface area contributed by atoms with E-state index in [1.807, 2.05) is 24.3 Å². The van der Waals surface area contributed by atoms with Crippen LogP contribution in [0.4, 0.5) is 14.9 Å². The molecular formula is C38H39ClFN3O6. The standard InChI is InChI=1S/C38H39ClFN3O6/c1-38(2,3)49-37(47)42-22-25-7-6-9-26(19-25)35-30-20-28(39)13-16-32(30)43(18-17-24-11-14-29(44)15-12-24)36(46)33(48-35)21-34(45)41-23-27-8-4-5-10-31(27)40/h4-16,19-20,33,35,44H,17-18,21-23H2,1-3H3,(H,41,45)(H,42,47). The van der Waals surface area contributed by atoms with Gasteiger partial charge in [0.1, 0.15) is 29.4 Å². The Kier molecular flexibility index (Phi) is 11.2. The predicted molar refractivity (Wildman–Crippen MR) is 185 cm³/mol. The molecule has 2 unspecified atom stereocenters. The van der Waals surface area contributed by atoms with Crippen LogP contribution in [0.2, 0.25) is 5.02 Å². The van der Waals surface area contributed by atoms with Crippen molar-refractivity contribution in [1.82, 2.24) is 10.6 Å². The van der Waals surface area contributed by atoms with Crippen molar-refractivity contribution in [2.75, 3.05) is 11.4 Å². The highest BCUT2D eigenvalue weighted by Crippen LogP contribution is 2.40. The molecule has 0 bridgehead atoms. The third kappa shape index (κ3) is 9.58. The molecule has 1 aliphatic heterocycles. The molecule has 1 aliphatic rings. The summed E-state index contributed by atoms with van der Waals surface area (Å²) in [6.45, 7) is 5.73. The number of carbonyl (C=O) groups excluding carboxylic acids is 3. The predicted octanol–water partition coefficient (Wildman–Crippen LogP) is 6.98. The highest BCUT2D eigenvalue weighted by molar-refractivity contribution is 6.30. The van der Waals surface area contributed by atoms with E-state index in [0.717, 1.165) is 11.1 Å². The summed E-state index contributed by atoms with van der Waals surface area (Å²) in [7, 11) is 0. The molecule has 49 heavy (non-hydrogen) atoms. The maximum atomic E-state index is 14.3. The van der Waals surface area contributed by atoms with Crippen molar-refractivity contribution in [3.8, 4) is 5.75 Å². The van der Waals surface area contributed by atoms with Crippen molar-refractivity contribution in [3.63, 3.8) is 0 Å². The number of nitrogens with zero attached hydrogens (tertiary/aromatic N) is 1. The molecule has 2 atom stereocenters. The molecule has 9 nitrogen and oxygen atoms in total. The molecule has 4 aromatic carbocycles. The minimum atomic E-state index is -1.21. The number of ether oxygens (including phenoxy) is 2. The number of nitrogens with one attached hydrogen (secondary N) is 2. The zero-order valence-corrected chi connectivity index (χ0v) is 28.3. The number of anilines is 1. The lowest BCUT2D eigenvalue weighted by Crippen LogP contribution is -2.43. The highest BCUT2D eigenvalue weighted by Gasteiger charge is 2.38. The average Bonchev–Trinajstić information content (AvgIpc) is 3.16. The number of phenols is 1. The van der Waals surface area contributed by atoms with Crippen molar-refractivity contribution < 1.29 is 33.4 Å². The number of hydrogen-bond acceptors (Lipinski definition) is 6. The van der Waals surface area contributed by atoms with Gasteiger partial charge in [-0.1, -0.05) is 66.2 Å². The number of phenolic OH excluding ortho intramolecular Hbond substituents is 1. The maximum Gasteiger partial charge on any atom is 0.407 e. The number of hydrogen-bond donors (Lipinski definition) is 3. The quantitative estimate of drug-likeness (QED) is 0.166. The molecule has 0 saturated carbocycles. The molecule has 5 rings (SSSR count). The van der Waals surface area contributed by atoms with Crippen LogP contribution in [-0.2, 0) is 38.6 Å². The lowest BCUT2D eigenvalue weighted by molar-refractivity contribution is -0.138. The van der Waals surface area contributed by atoms with Gasteiger partial charge in [0.15, 0.2) is 0 Å². The number of fused-ring (bicyclic) bond motifs is 1. The zero-order chi connectivity index (χ0) is 35.1. The summed E-state index contributed by atoms with van der Waals surface area (Å²) in [4.78, 5) is 41.5. The van der Waals surface area contributed by atoms with Crippen LogP contribution in [0.3, 0.4) is 0 Å². The summed E-state index contributed by atoms with van der Waals surface area (Å²) < 4.78 is 26.2. The Morgan fingerprint density at radius 2 is 1.69 bits per heavy atom. The van der Waals surface area contributed by atoms with Gasteiger partial charge in [-0.15, -0.1) is 0 Å². The fraction of sp³-hybridized carbons (Fsp3) is 0.289. The fourth-order valence-corrected chi connectivity index (χ4v) is 5.71. The van der Waals surface area contributed by atoms with Crippen molar-refractivity contribution in [2.45, 2.75) is 64.5 Å². The van der Waals surface area contributed by atoms with E-state index in [1.165, 1.54) is 6.07 Å².